The zero-order valence-electron chi connectivity index (χ0n) is 12.6. The van der Waals surface area contributed by atoms with Crippen molar-refractivity contribution in [3.8, 4) is 0 Å². The zero-order chi connectivity index (χ0) is 15.1. The summed E-state index contributed by atoms with van der Waals surface area (Å²) in [5.74, 6) is -0.774. The van der Waals surface area contributed by atoms with Crippen LogP contribution in [0.2, 0.25) is 0 Å². The summed E-state index contributed by atoms with van der Waals surface area (Å²) in [5, 5.41) is 12.4. The van der Waals surface area contributed by atoms with E-state index in [4.69, 9.17) is 4.74 Å². The summed E-state index contributed by atoms with van der Waals surface area (Å²) in [7, 11) is 0. The van der Waals surface area contributed by atoms with Crippen LogP contribution in [0.15, 0.2) is 0 Å². The van der Waals surface area contributed by atoms with Gasteiger partial charge in [-0.3, -0.25) is 4.79 Å². The number of carbonyl (C=O) groups excluding carboxylic acids is 1. The van der Waals surface area contributed by atoms with Crippen LogP contribution in [0.4, 0.5) is 4.79 Å². The maximum atomic E-state index is 12.2. The first kappa shape index (κ1) is 16.1. The van der Waals surface area contributed by atoms with Crippen LogP contribution in [-0.2, 0) is 9.53 Å². The Morgan fingerprint density at radius 3 is 2.43 bits per heavy atom. The molecule has 2 amide bonds. The Morgan fingerprint density at radius 2 is 1.76 bits per heavy atom. The number of carbonyl (C=O) groups is 2. The summed E-state index contributed by atoms with van der Waals surface area (Å²) >= 11 is 0. The molecule has 0 bridgehead atoms. The second-order valence-corrected chi connectivity index (χ2v) is 6.11. The van der Waals surface area contributed by atoms with Gasteiger partial charge in [-0.2, -0.15) is 0 Å². The largest absolute Gasteiger partial charge is 0.481 e. The summed E-state index contributed by atoms with van der Waals surface area (Å²) in [4.78, 5) is 25.6. The number of rotatable bonds is 3. The van der Waals surface area contributed by atoms with E-state index in [1.54, 1.807) is 4.90 Å². The lowest BCUT2D eigenvalue weighted by Crippen LogP contribution is -2.48. The van der Waals surface area contributed by atoms with E-state index in [0.29, 0.717) is 39.1 Å². The highest BCUT2D eigenvalue weighted by molar-refractivity contribution is 5.78. The van der Waals surface area contributed by atoms with E-state index >= 15 is 0 Å². The van der Waals surface area contributed by atoms with Gasteiger partial charge in [0, 0.05) is 26.2 Å². The summed E-state index contributed by atoms with van der Waals surface area (Å²) in [6.45, 7) is 2.72. The van der Waals surface area contributed by atoms with Gasteiger partial charge in [0.1, 0.15) is 0 Å². The van der Waals surface area contributed by atoms with Gasteiger partial charge in [0.15, 0.2) is 0 Å². The Morgan fingerprint density at radius 1 is 1.05 bits per heavy atom. The molecule has 0 aromatic carbocycles. The van der Waals surface area contributed by atoms with Crippen LogP contribution in [0.3, 0.4) is 0 Å². The number of urea groups is 1. The molecule has 0 atom stereocenters. The Kier molecular flexibility index (Phi) is 5.85. The maximum absolute atomic E-state index is 12.2. The number of ether oxygens (including phenoxy) is 1. The van der Waals surface area contributed by atoms with Crippen LogP contribution < -0.4 is 5.32 Å². The van der Waals surface area contributed by atoms with Crippen molar-refractivity contribution in [1.29, 1.82) is 0 Å². The van der Waals surface area contributed by atoms with Crippen LogP contribution in [0.1, 0.15) is 44.9 Å². The predicted octanol–water partition coefficient (Wildman–Crippen LogP) is 1.84. The van der Waals surface area contributed by atoms with Crippen molar-refractivity contribution in [3.63, 3.8) is 0 Å². The van der Waals surface area contributed by atoms with Gasteiger partial charge >= 0.3 is 12.0 Å². The minimum atomic E-state index is -0.783. The van der Waals surface area contributed by atoms with E-state index < -0.39 is 11.4 Å². The van der Waals surface area contributed by atoms with Gasteiger partial charge in [-0.15, -0.1) is 0 Å². The van der Waals surface area contributed by atoms with Crippen LogP contribution in [0.25, 0.3) is 0 Å². The van der Waals surface area contributed by atoms with Crippen molar-refractivity contribution in [3.05, 3.63) is 0 Å². The first-order valence-electron chi connectivity index (χ1n) is 7.98. The molecule has 2 aliphatic rings. The molecule has 21 heavy (non-hydrogen) atoms. The SMILES string of the molecule is O=C(NCC1(C(=O)O)CCCCCC1)N1CCCOCC1. The minimum absolute atomic E-state index is 0.162. The highest BCUT2D eigenvalue weighted by atomic mass is 16.5. The average molecular weight is 298 g/mol. The van der Waals surface area contributed by atoms with E-state index in [-0.39, 0.29) is 12.6 Å². The Balaban J connectivity index is 1.91. The number of nitrogens with one attached hydrogen (secondary N) is 1. The minimum Gasteiger partial charge on any atom is -0.481 e. The second-order valence-electron chi connectivity index (χ2n) is 6.11. The van der Waals surface area contributed by atoms with E-state index in [1.807, 2.05) is 0 Å². The van der Waals surface area contributed by atoms with Crippen LogP contribution >= 0.6 is 0 Å². The lowest BCUT2D eigenvalue weighted by Gasteiger charge is -2.30. The molecular formula is C15H26N2O4. The highest BCUT2D eigenvalue weighted by Crippen LogP contribution is 2.34. The highest BCUT2D eigenvalue weighted by Gasteiger charge is 2.39. The molecule has 2 rings (SSSR count). The summed E-state index contributed by atoms with van der Waals surface area (Å²) in [5.41, 5.74) is -0.783. The van der Waals surface area contributed by atoms with Gasteiger partial charge in [0.05, 0.1) is 12.0 Å². The number of carboxylic acids is 1. The first-order valence-corrected chi connectivity index (χ1v) is 7.98. The Labute approximate surface area is 125 Å². The lowest BCUT2D eigenvalue weighted by molar-refractivity contribution is -0.149. The van der Waals surface area contributed by atoms with Crippen molar-refractivity contribution in [1.82, 2.24) is 10.2 Å². The first-order chi connectivity index (χ1) is 10.1. The van der Waals surface area contributed by atoms with Gasteiger partial charge in [0.2, 0.25) is 0 Å². The molecule has 1 aliphatic heterocycles. The quantitative estimate of drug-likeness (QED) is 0.779. The number of hydrogen-bond donors (Lipinski definition) is 2. The Bertz CT molecular complexity index is 357. The zero-order valence-corrected chi connectivity index (χ0v) is 12.6. The molecule has 6 heteroatoms. The maximum Gasteiger partial charge on any atom is 0.317 e. The number of aliphatic carboxylic acids is 1. The van der Waals surface area contributed by atoms with Crippen LogP contribution in [-0.4, -0.2) is 54.9 Å². The fourth-order valence-corrected chi connectivity index (χ4v) is 3.18. The number of hydrogen-bond acceptors (Lipinski definition) is 3. The second kappa shape index (κ2) is 7.64. The van der Waals surface area contributed by atoms with Crippen molar-refractivity contribution in [2.24, 2.45) is 5.41 Å². The molecule has 0 spiro atoms. The third-order valence-corrected chi connectivity index (χ3v) is 4.60. The molecule has 2 N–H and O–H groups in total. The summed E-state index contributed by atoms with van der Waals surface area (Å²) in [6, 6.07) is -0.162. The molecule has 0 radical (unpaired) electrons. The lowest BCUT2D eigenvalue weighted by atomic mass is 9.80. The van der Waals surface area contributed by atoms with Gasteiger partial charge in [0.25, 0.3) is 0 Å². The molecule has 120 valence electrons. The van der Waals surface area contributed by atoms with Gasteiger partial charge in [-0.1, -0.05) is 25.7 Å². The van der Waals surface area contributed by atoms with Crippen molar-refractivity contribution in [2.45, 2.75) is 44.9 Å². The monoisotopic (exact) mass is 298 g/mol. The molecular weight excluding hydrogens is 272 g/mol. The van der Waals surface area contributed by atoms with Crippen LogP contribution in [0, 0.1) is 5.41 Å². The normalized spacial score (nSPS) is 23.0. The number of amides is 2. The van der Waals surface area contributed by atoms with Crippen LogP contribution in [0.5, 0.6) is 0 Å². The molecule has 0 unspecified atom stereocenters. The molecule has 1 saturated carbocycles. The molecule has 1 saturated heterocycles. The van der Waals surface area contributed by atoms with E-state index in [1.165, 1.54) is 0 Å². The number of nitrogens with zero attached hydrogens (tertiary/aromatic N) is 1. The fourth-order valence-electron chi connectivity index (χ4n) is 3.18. The van der Waals surface area contributed by atoms with E-state index in [0.717, 1.165) is 32.1 Å². The molecule has 0 aromatic heterocycles. The summed E-state index contributed by atoms with van der Waals surface area (Å²) in [6.07, 6.45) is 6.19. The predicted molar refractivity (Wildman–Crippen MR) is 78.2 cm³/mol. The third-order valence-electron chi connectivity index (χ3n) is 4.60. The average Bonchev–Trinajstić information content (AvgIpc) is 2.88. The summed E-state index contributed by atoms with van der Waals surface area (Å²) < 4.78 is 5.33. The molecule has 1 heterocycles. The van der Waals surface area contributed by atoms with Crippen molar-refractivity contribution in [2.75, 3.05) is 32.8 Å². The van der Waals surface area contributed by atoms with E-state index in [2.05, 4.69) is 5.32 Å². The fraction of sp³-hybridized carbons (Fsp3) is 0.867. The Hall–Kier alpha value is -1.30. The van der Waals surface area contributed by atoms with Gasteiger partial charge in [-0.05, 0) is 19.3 Å². The topological polar surface area (TPSA) is 78.9 Å². The van der Waals surface area contributed by atoms with E-state index in [9.17, 15) is 14.7 Å². The van der Waals surface area contributed by atoms with Crippen molar-refractivity contribution >= 4 is 12.0 Å². The van der Waals surface area contributed by atoms with Gasteiger partial charge < -0.3 is 20.1 Å². The standard InChI is InChI=1S/C15H26N2O4/c18-13(19)15(6-3-1-2-4-7-15)12-16-14(20)17-8-5-10-21-11-9-17/h1-12H2,(H,16,20)(H,18,19). The van der Waals surface area contributed by atoms with Gasteiger partial charge in [-0.25, -0.2) is 4.79 Å². The third kappa shape index (κ3) is 4.33. The number of carboxylic acid groups (broad SMARTS) is 1. The molecule has 1 aliphatic carbocycles. The molecule has 6 nitrogen and oxygen atoms in total. The van der Waals surface area contributed by atoms with Crippen molar-refractivity contribution < 1.29 is 19.4 Å². The smallest absolute Gasteiger partial charge is 0.317 e. The molecule has 2 fully saturated rings. The molecule has 0 aromatic rings.